The number of hydrogen-bond donors (Lipinski definition) is 1. The van der Waals surface area contributed by atoms with Crippen LogP contribution >= 0.6 is 0 Å². The maximum Gasteiger partial charge on any atom is 0.573 e. The summed E-state index contributed by atoms with van der Waals surface area (Å²) in [5.41, 5.74) is 3.00. The molecule has 202 valence electrons. The number of carbonyl (C=O) groups excluding carboxylic acids is 1. The van der Waals surface area contributed by atoms with E-state index in [0.29, 0.717) is 22.6 Å². The number of anilines is 1. The van der Waals surface area contributed by atoms with Crippen LogP contribution in [0.15, 0.2) is 66.7 Å². The van der Waals surface area contributed by atoms with E-state index in [0.717, 1.165) is 16.0 Å². The summed E-state index contributed by atoms with van der Waals surface area (Å²) in [6, 6.07) is 17.5. The highest BCUT2D eigenvalue weighted by Gasteiger charge is 2.31. The van der Waals surface area contributed by atoms with E-state index in [4.69, 9.17) is 4.74 Å². The van der Waals surface area contributed by atoms with Gasteiger partial charge in [-0.1, -0.05) is 57.2 Å². The van der Waals surface area contributed by atoms with Crippen LogP contribution in [-0.4, -0.2) is 29.4 Å². The third-order valence-electron chi connectivity index (χ3n) is 5.63. The zero-order valence-corrected chi connectivity index (χ0v) is 21.8. The highest BCUT2D eigenvalue weighted by atomic mass is 19.4. The van der Waals surface area contributed by atoms with Gasteiger partial charge in [0.2, 0.25) is 0 Å². The molecular formula is C29H30F3NO5. The summed E-state index contributed by atoms with van der Waals surface area (Å²) in [4.78, 5) is 25.6. The van der Waals surface area contributed by atoms with Crippen LogP contribution in [0.5, 0.6) is 11.5 Å². The number of aliphatic carboxylic acids is 1. The third kappa shape index (κ3) is 7.50. The van der Waals surface area contributed by atoms with Crippen molar-refractivity contribution in [3.8, 4) is 22.6 Å². The summed E-state index contributed by atoms with van der Waals surface area (Å²) in [5.74, 6) is -2.70. The minimum Gasteiger partial charge on any atom is -0.490 e. The molecule has 0 aliphatic rings. The van der Waals surface area contributed by atoms with Gasteiger partial charge in [-0.3, -0.25) is 9.69 Å². The van der Waals surface area contributed by atoms with E-state index in [1.54, 1.807) is 18.2 Å². The Labute approximate surface area is 219 Å². The quantitative estimate of drug-likeness (QED) is 0.335. The normalized spacial score (nSPS) is 11.8. The molecule has 1 N–H and O–H groups in total. The molecule has 3 rings (SSSR count). The van der Waals surface area contributed by atoms with Gasteiger partial charge in [0, 0.05) is 11.3 Å². The number of alkyl halides is 3. The second kappa shape index (κ2) is 11.2. The maximum atomic E-state index is 12.7. The second-order valence-electron chi connectivity index (χ2n) is 10.1. The average Bonchev–Trinajstić information content (AvgIpc) is 2.81. The van der Waals surface area contributed by atoms with Crippen molar-refractivity contribution in [1.29, 1.82) is 0 Å². The van der Waals surface area contributed by atoms with Crippen LogP contribution in [0.3, 0.4) is 0 Å². The monoisotopic (exact) mass is 529 g/mol. The molecule has 0 aromatic heterocycles. The van der Waals surface area contributed by atoms with Crippen LogP contribution < -0.4 is 14.4 Å². The second-order valence-corrected chi connectivity index (χ2v) is 10.1. The lowest BCUT2D eigenvalue weighted by Crippen LogP contribution is -2.36. The van der Waals surface area contributed by atoms with Gasteiger partial charge in [-0.15, -0.1) is 13.2 Å². The average molecular weight is 530 g/mol. The van der Waals surface area contributed by atoms with E-state index < -0.39 is 18.2 Å². The molecule has 0 saturated carbocycles. The predicted octanol–water partition coefficient (Wildman–Crippen LogP) is 6.95. The lowest BCUT2D eigenvalue weighted by molar-refractivity contribution is -0.274. The minimum absolute atomic E-state index is 0.00224. The fourth-order valence-electron chi connectivity index (χ4n) is 3.79. The summed E-state index contributed by atoms with van der Waals surface area (Å²) in [7, 11) is 0. The summed E-state index contributed by atoms with van der Waals surface area (Å²) in [6.45, 7) is 9.86. The zero-order valence-electron chi connectivity index (χ0n) is 21.8. The zero-order chi connectivity index (χ0) is 28.3. The van der Waals surface area contributed by atoms with Gasteiger partial charge in [-0.2, -0.15) is 0 Å². The van der Waals surface area contributed by atoms with Crippen molar-refractivity contribution < 1.29 is 37.3 Å². The van der Waals surface area contributed by atoms with E-state index >= 15 is 0 Å². The first-order valence-corrected chi connectivity index (χ1v) is 11.9. The summed E-state index contributed by atoms with van der Waals surface area (Å²) >= 11 is 0. The summed E-state index contributed by atoms with van der Waals surface area (Å²) in [5, 5.41) is 9.50. The van der Waals surface area contributed by atoms with Crippen LogP contribution in [0.1, 0.15) is 45.7 Å². The Hall–Kier alpha value is -4.01. The molecule has 0 bridgehead atoms. The summed E-state index contributed by atoms with van der Waals surface area (Å²) < 4.78 is 47.6. The molecule has 0 spiro atoms. The van der Waals surface area contributed by atoms with Crippen molar-refractivity contribution in [3.05, 3.63) is 77.9 Å². The molecule has 9 heteroatoms. The lowest BCUT2D eigenvalue weighted by Gasteiger charge is -2.24. The van der Waals surface area contributed by atoms with Crippen LogP contribution in [0.4, 0.5) is 18.9 Å². The lowest BCUT2D eigenvalue weighted by atomic mass is 9.87. The first-order valence-electron chi connectivity index (χ1n) is 11.9. The third-order valence-corrected chi connectivity index (χ3v) is 5.63. The Bertz CT molecular complexity index is 1280. The number of halogens is 3. The molecule has 0 unspecified atom stereocenters. The van der Waals surface area contributed by atoms with Gasteiger partial charge in [0.05, 0.1) is 12.6 Å². The van der Waals surface area contributed by atoms with Crippen molar-refractivity contribution in [2.24, 2.45) is 0 Å². The number of ether oxygens (including phenoxy) is 2. The summed E-state index contributed by atoms with van der Waals surface area (Å²) in [6.07, 6.45) is -5.04. The van der Waals surface area contributed by atoms with Crippen LogP contribution in [0.25, 0.3) is 11.1 Å². The fraction of sp³-hybridized carbons (Fsp3) is 0.310. The van der Waals surface area contributed by atoms with Crippen molar-refractivity contribution in [1.82, 2.24) is 0 Å². The molecule has 0 aliphatic heterocycles. The van der Waals surface area contributed by atoms with Crippen molar-refractivity contribution >= 4 is 17.6 Å². The largest absolute Gasteiger partial charge is 0.573 e. The molecule has 6 nitrogen and oxygen atoms in total. The van der Waals surface area contributed by atoms with E-state index in [-0.39, 0.29) is 23.8 Å². The standard InChI is InChI=1S/C29H30F3NO5/c1-18(2)37-25-15-12-22(16-24(25)20-8-13-23(14-9-20)38-29(30,31)32)33(26(34)27(35)36)17-19-6-10-21(11-7-19)28(3,4)5/h6-16,18H,17H2,1-5H3,(H,35,36). The molecule has 0 saturated heterocycles. The van der Waals surface area contributed by atoms with Gasteiger partial charge in [0.15, 0.2) is 0 Å². The van der Waals surface area contributed by atoms with Gasteiger partial charge < -0.3 is 14.6 Å². The number of benzene rings is 3. The molecular weight excluding hydrogens is 499 g/mol. The first kappa shape index (κ1) is 28.6. The molecule has 0 atom stereocenters. The van der Waals surface area contributed by atoms with Crippen LogP contribution in [0, 0.1) is 0 Å². The molecule has 1 amide bonds. The number of nitrogens with zero attached hydrogens (tertiary/aromatic N) is 1. The smallest absolute Gasteiger partial charge is 0.490 e. The highest BCUT2D eigenvalue weighted by Crippen LogP contribution is 2.36. The van der Waals surface area contributed by atoms with E-state index in [2.05, 4.69) is 25.5 Å². The number of rotatable bonds is 7. The number of amides is 1. The van der Waals surface area contributed by atoms with Gasteiger partial charge in [-0.25, -0.2) is 4.79 Å². The van der Waals surface area contributed by atoms with Crippen molar-refractivity contribution in [2.45, 2.75) is 59.0 Å². The fourth-order valence-corrected chi connectivity index (χ4v) is 3.79. The molecule has 0 radical (unpaired) electrons. The Balaban J connectivity index is 2.04. The van der Waals surface area contributed by atoms with Gasteiger partial charge in [0.1, 0.15) is 11.5 Å². The Kier molecular flexibility index (Phi) is 8.39. The van der Waals surface area contributed by atoms with Gasteiger partial charge in [-0.05, 0) is 66.3 Å². The molecule has 0 heterocycles. The number of carbonyl (C=O) groups is 2. The van der Waals surface area contributed by atoms with Crippen molar-refractivity contribution in [2.75, 3.05) is 4.90 Å². The van der Waals surface area contributed by atoms with Crippen molar-refractivity contribution in [3.63, 3.8) is 0 Å². The van der Waals surface area contributed by atoms with E-state index in [1.807, 2.05) is 38.1 Å². The molecule has 38 heavy (non-hydrogen) atoms. The molecule has 3 aromatic rings. The number of carboxylic acids is 1. The predicted molar refractivity (Wildman–Crippen MR) is 138 cm³/mol. The topological polar surface area (TPSA) is 76.1 Å². The van der Waals surface area contributed by atoms with Crippen LogP contribution in [-0.2, 0) is 21.5 Å². The Morgan fingerprint density at radius 1 is 0.921 bits per heavy atom. The van der Waals surface area contributed by atoms with Gasteiger partial charge >= 0.3 is 18.2 Å². The molecule has 3 aromatic carbocycles. The van der Waals surface area contributed by atoms with E-state index in [1.165, 1.54) is 24.3 Å². The minimum atomic E-state index is -4.82. The van der Waals surface area contributed by atoms with E-state index in [9.17, 15) is 27.9 Å². The Morgan fingerprint density at radius 2 is 1.53 bits per heavy atom. The SMILES string of the molecule is CC(C)Oc1ccc(N(Cc2ccc(C(C)(C)C)cc2)C(=O)C(=O)O)cc1-c1ccc(OC(F)(F)F)cc1. The maximum absolute atomic E-state index is 12.7. The Morgan fingerprint density at radius 3 is 2.03 bits per heavy atom. The first-order chi connectivity index (χ1) is 17.6. The van der Waals surface area contributed by atoms with Crippen LogP contribution in [0.2, 0.25) is 0 Å². The number of hydrogen-bond acceptors (Lipinski definition) is 4. The highest BCUT2D eigenvalue weighted by molar-refractivity contribution is 6.37. The molecule has 0 fully saturated rings. The number of carboxylic acid groups (broad SMARTS) is 1. The van der Waals surface area contributed by atoms with Gasteiger partial charge in [0.25, 0.3) is 0 Å². The molecule has 0 aliphatic carbocycles.